The summed E-state index contributed by atoms with van der Waals surface area (Å²) in [4.78, 5) is 31.0. The van der Waals surface area contributed by atoms with Crippen molar-refractivity contribution in [2.45, 2.75) is 70.3 Å². The fourth-order valence-corrected chi connectivity index (χ4v) is 5.77. The van der Waals surface area contributed by atoms with Crippen molar-refractivity contribution in [2.24, 2.45) is 5.92 Å². The number of piperidine rings is 2. The number of amides is 2. The molecular weight excluding hydrogens is 402 g/mol. The SMILES string of the molecule is O=C(Nc1c(C(=O)N2CCC(N3CCCCC3)CC2)oc2ccccc12)C1CCCCC1. The molecule has 2 aliphatic heterocycles. The maximum Gasteiger partial charge on any atom is 0.291 e. The van der Waals surface area contributed by atoms with Crippen LogP contribution in [-0.2, 0) is 4.79 Å². The Morgan fingerprint density at radius 3 is 2.28 bits per heavy atom. The number of hydrogen-bond acceptors (Lipinski definition) is 4. The van der Waals surface area contributed by atoms with Gasteiger partial charge in [0.1, 0.15) is 11.3 Å². The maximum absolute atomic E-state index is 13.5. The van der Waals surface area contributed by atoms with Gasteiger partial charge in [0.2, 0.25) is 11.7 Å². The number of para-hydroxylation sites is 1. The van der Waals surface area contributed by atoms with Crippen LogP contribution < -0.4 is 5.32 Å². The topological polar surface area (TPSA) is 65.8 Å². The van der Waals surface area contributed by atoms with Crippen molar-refractivity contribution in [2.75, 3.05) is 31.5 Å². The van der Waals surface area contributed by atoms with Gasteiger partial charge in [0.15, 0.2) is 0 Å². The van der Waals surface area contributed by atoms with E-state index in [-0.39, 0.29) is 23.5 Å². The van der Waals surface area contributed by atoms with Gasteiger partial charge in [-0.25, -0.2) is 0 Å². The van der Waals surface area contributed by atoms with E-state index < -0.39 is 0 Å². The van der Waals surface area contributed by atoms with E-state index >= 15 is 0 Å². The summed E-state index contributed by atoms with van der Waals surface area (Å²) in [5.74, 6) is 0.235. The molecular formula is C26H35N3O3. The van der Waals surface area contributed by atoms with Crippen LogP contribution in [0.25, 0.3) is 11.0 Å². The van der Waals surface area contributed by atoms with E-state index in [2.05, 4.69) is 10.2 Å². The number of nitrogens with one attached hydrogen (secondary N) is 1. The number of likely N-dealkylation sites (tertiary alicyclic amines) is 2. The third-order valence-electron chi connectivity index (χ3n) is 7.67. The van der Waals surface area contributed by atoms with Crippen molar-refractivity contribution in [1.82, 2.24) is 9.80 Å². The first-order valence-electron chi connectivity index (χ1n) is 12.6. The van der Waals surface area contributed by atoms with Crippen LogP contribution in [-0.4, -0.2) is 53.8 Å². The smallest absolute Gasteiger partial charge is 0.291 e. The third kappa shape index (κ3) is 4.42. The van der Waals surface area contributed by atoms with Gasteiger partial charge in [0, 0.05) is 30.4 Å². The first-order valence-corrected chi connectivity index (χ1v) is 12.6. The summed E-state index contributed by atoms with van der Waals surface area (Å²) >= 11 is 0. The van der Waals surface area contributed by atoms with Crippen LogP contribution >= 0.6 is 0 Å². The van der Waals surface area contributed by atoms with Crippen molar-refractivity contribution in [3.05, 3.63) is 30.0 Å². The Bertz CT molecular complexity index is 948. The number of carbonyl (C=O) groups is 2. The highest BCUT2D eigenvalue weighted by Gasteiger charge is 2.32. The molecule has 6 nitrogen and oxygen atoms in total. The molecule has 1 aromatic carbocycles. The molecule has 2 aromatic rings. The number of benzene rings is 1. The normalized spacial score (nSPS) is 21.7. The van der Waals surface area contributed by atoms with Crippen LogP contribution in [0.15, 0.2) is 28.7 Å². The van der Waals surface area contributed by atoms with Crippen LogP contribution in [0.1, 0.15) is 74.8 Å². The van der Waals surface area contributed by atoms with E-state index in [0.29, 0.717) is 17.3 Å². The standard InChI is InChI=1S/C26H35N3O3/c30-25(19-9-3-1-4-10-19)27-23-21-11-5-6-12-22(21)32-24(23)26(31)29-17-13-20(14-18-29)28-15-7-2-8-16-28/h5-6,11-12,19-20H,1-4,7-10,13-18H2,(H,27,30). The average Bonchev–Trinajstić information content (AvgIpc) is 3.23. The number of nitrogens with zero attached hydrogens (tertiary/aromatic N) is 2. The second-order valence-electron chi connectivity index (χ2n) is 9.75. The summed E-state index contributed by atoms with van der Waals surface area (Å²) in [5, 5.41) is 3.90. The zero-order chi connectivity index (χ0) is 21.9. The molecule has 1 aliphatic carbocycles. The summed E-state index contributed by atoms with van der Waals surface area (Å²) in [5.41, 5.74) is 1.21. The van der Waals surface area contributed by atoms with E-state index in [1.807, 2.05) is 29.2 Å². The molecule has 6 heteroatoms. The van der Waals surface area contributed by atoms with Gasteiger partial charge >= 0.3 is 0 Å². The molecule has 3 aliphatic rings. The fraction of sp³-hybridized carbons (Fsp3) is 0.615. The van der Waals surface area contributed by atoms with Gasteiger partial charge in [0.05, 0.1) is 0 Å². The lowest BCUT2D eigenvalue weighted by molar-refractivity contribution is -0.120. The van der Waals surface area contributed by atoms with Crippen LogP contribution in [0.2, 0.25) is 0 Å². The Hall–Kier alpha value is -2.34. The summed E-state index contributed by atoms with van der Waals surface area (Å²) in [6.45, 7) is 3.87. The number of fused-ring (bicyclic) bond motifs is 1. The second kappa shape index (κ2) is 9.65. The maximum atomic E-state index is 13.5. The molecule has 0 atom stereocenters. The Morgan fingerprint density at radius 1 is 0.844 bits per heavy atom. The van der Waals surface area contributed by atoms with Crippen LogP contribution in [0.5, 0.6) is 0 Å². The van der Waals surface area contributed by atoms with E-state index in [9.17, 15) is 9.59 Å². The summed E-state index contributed by atoms with van der Waals surface area (Å²) in [7, 11) is 0. The number of carbonyl (C=O) groups excluding carboxylic acids is 2. The van der Waals surface area contributed by atoms with E-state index in [1.54, 1.807) is 0 Å². The van der Waals surface area contributed by atoms with Gasteiger partial charge < -0.3 is 19.5 Å². The highest BCUT2D eigenvalue weighted by Crippen LogP contribution is 2.34. The van der Waals surface area contributed by atoms with Gasteiger partial charge in [-0.1, -0.05) is 37.8 Å². The molecule has 2 amide bonds. The minimum absolute atomic E-state index is 0.0223. The van der Waals surface area contributed by atoms with Crippen molar-refractivity contribution in [3.8, 4) is 0 Å². The Balaban J connectivity index is 1.32. The lowest BCUT2D eigenvalue weighted by atomic mass is 9.88. The first-order chi connectivity index (χ1) is 15.7. The van der Waals surface area contributed by atoms with Crippen LogP contribution in [0.4, 0.5) is 5.69 Å². The molecule has 0 unspecified atom stereocenters. The molecule has 2 saturated heterocycles. The van der Waals surface area contributed by atoms with Crippen molar-refractivity contribution < 1.29 is 14.0 Å². The Labute approximate surface area is 190 Å². The number of furan rings is 1. The number of hydrogen-bond donors (Lipinski definition) is 1. The summed E-state index contributed by atoms with van der Waals surface area (Å²) < 4.78 is 6.03. The van der Waals surface area contributed by atoms with Crippen LogP contribution in [0.3, 0.4) is 0 Å². The lowest BCUT2D eigenvalue weighted by Crippen LogP contribution is -2.48. The summed E-state index contributed by atoms with van der Waals surface area (Å²) in [6, 6.07) is 8.20. The van der Waals surface area contributed by atoms with Crippen LogP contribution in [0, 0.1) is 5.92 Å². The minimum Gasteiger partial charge on any atom is -0.449 e. The molecule has 1 N–H and O–H groups in total. The molecule has 1 saturated carbocycles. The summed E-state index contributed by atoms with van der Waals surface area (Å²) in [6.07, 6.45) is 11.2. The van der Waals surface area contributed by atoms with Crippen molar-refractivity contribution >= 4 is 28.5 Å². The zero-order valence-corrected chi connectivity index (χ0v) is 19.0. The first kappa shape index (κ1) is 21.5. The molecule has 32 heavy (non-hydrogen) atoms. The largest absolute Gasteiger partial charge is 0.449 e. The average molecular weight is 438 g/mol. The monoisotopic (exact) mass is 437 g/mol. The van der Waals surface area contributed by atoms with Gasteiger partial charge in [-0.15, -0.1) is 0 Å². The third-order valence-corrected chi connectivity index (χ3v) is 7.67. The molecule has 3 heterocycles. The fourth-order valence-electron chi connectivity index (χ4n) is 5.77. The quantitative estimate of drug-likeness (QED) is 0.728. The highest BCUT2D eigenvalue weighted by molar-refractivity contribution is 6.11. The minimum atomic E-state index is -0.0998. The lowest BCUT2D eigenvalue weighted by Gasteiger charge is -2.40. The van der Waals surface area contributed by atoms with Gasteiger partial charge in [0.25, 0.3) is 5.91 Å². The van der Waals surface area contributed by atoms with Crippen molar-refractivity contribution in [1.29, 1.82) is 0 Å². The van der Waals surface area contributed by atoms with Gasteiger partial charge in [-0.2, -0.15) is 0 Å². The second-order valence-corrected chi connectivity index (χ2v) is 9.75. The predicted molar refractivity (Wildman–Crippen MR) is 126 cm³/mol. The molecule has 0 spiro atoms. The molecule has 3 fully saturated rings. The van der Waals surface area contributed by atoms with E-state index in [1.165, 1.54) is 38.8 Å². The highest BCUT2D eigenvalue weighted by atomic mass is 16.3. The van der Waals surface area contributed by atoms with E-state index in [4.69, 9.17) is 4.42 Å². The molecule has 1 aromatic heterocycles. The molecule has 0 bridgehead atoms. The molecule has 5 rings (SSSR count). The number of rotatable bonds is 4. The van der Waals surface area contributed by atoms with Crippen molar-refractivity contribution in [3.63, 3.8) is 0 Å². The Morgan fingerprint density at radius 2 is 1.53 bits per heavy atom. The zero-order valence-electron chi connectivity index (χ0n) is 19.0. The molecule has 0 radical (unpaired) electrons. The van der Waals surface area contributed by atoms with Gasteiger partial charge in [-0.05, 0) is 63.7 Å². The predicted octanol–water partition coefficient (Wildman–Crippen LogP) is 5.04. The Kier molecular flexibility index (Phi) is 6.49. The van der Waals surface area contributed by atoms with E-state index in [0.717, 1.165) is 57.0 Å². The number of anilines is 1. The molecule has 172 valence electrons. The van der Waals surface area contributed by atoms with Gasteiger partial charge in [-0.3, -0.25) is 9.59 Å².